The van der Waals surface area contributed by atoms with Gasteiger partial charge in [0.1, 0.15) is 5.75 Å². The second kappa shape index (κ2) is 6.73. The van der Waals surface area contributed by atoms with Crippen LogP contribution in [-0.2, 0) is 11.3 Å². The summed E-state index contributed by atoms with van der Waals surface area (Å²) in [4.78, 5) is 2.46. The Bertz CT molecular complexity index is 425. The van der Waals surface area contributed by atoms with Crippen molar-refractivity contribution in [3.63, 3.8) is 0 Å². The zero-order chi connectivity index (χ0) is 13.8. The molecule has 1 heterocycles. The van der Waals surface area contributed by atoms with Crippen molar-refractivity contribution in [3.8, 4) is 5.75 Å². The standard InChI is InChI=1S/C15H22BrNO2/c1-11-4-5-15(18-3)13(6-11)8-17-9-14(7-16)19-10-12(17)2/h4-6,12,14H,7-10H2,1-3H3. The Kier molecular flexibility index (Phi) is 5.25. The monoisotopic (exact) mass is 327 g/mol. The molecule has 0 spiro atoms. The zero-order valence-electron chi connectivity index (χ0n) is 11.9. The number of alkyl halides is 1. The van der Waals surface area contributed by atoms with E-state index in [0.29, 0.717) is 6.04 Å². The Labute approximate surface area is 124 Å². The number of benzene rings is 1. The minimum absolute atomic E-state index is 0.284. The second-order valence-corrected chi connectivity index (χ2v) is 5.85. The van der Waals surface area contributed by atoms with Crippen molar-refractivity contribution >= 4 is 15.9 Å². The van der Waals surface area contributed by atoms with Gasteiger partial charge in [0.25, 0.3) is 0 Å². The lowest BCUT2D eigenvalue weighted by Gasteiger charge is -2.37. The fourth-order valence-corrected chi connectivity index (χ4v) is 2.83. The van der Waals surface area contributed by atoms with Crippen LogP contribution in [0.25, 0.3) is 0 Å². The Morgan fingerprint density at radius 2 is 2.26 bits per heavy atom. The first-order valence-corrected chi connectivity index (χ1v) is 7.81. The van der Waals surface area contributed by atoms with Crippen molar-refractivity contribution in [2.75, 3.05) is 25.6 Å². The number of nitrogens with zero attached hydrogens (tertiary/aromatic N) is 1. The largest absolute Gasteiger partial charge is 0.496 e. The lowest BCUT2D eigenvalue weighted by molar-refractivity contribution is -0.0501. The van der Waals surface area contributed by atoms with Crippen LogP contribution < -0.4 is 4.74 Å². The van der Waals surface area contributed by atoms with Gasteiger partial charge in [0.2, 0.25) is 0 Å². The first-order chi connectivity index (χ1) is 9.13. The Morgan fingerprint density at radius 1 is 1.47 bits per heavy atom. The van der Waals surface area contributed by atoms with Gasteiger partial charge in [-0.3, -0.25) is 4.90 Å². The lowest BCUT2D eigenvalue weighted by atomic mass is 10.1. The molecule has 0 N–H and O–H groups in total. The van der Waals surface area contributed by atoms with Gasteiger partial charge in [-0.15, -0.1) is 0 Å². The van der Waals surface area contributed by atoms with E-state index < -0.39 is 0 Å². The molecule has 2 atom stereocenters. The predicted molar refractivity (Wildman–Crippen MR) is 81.1 cm³/mol. The molecule has 2 unspecified atom stereocenters. The number of rotatable bonds is 4. The van der Waals surface area contributed by atoms with Crippen LogP contribution >= 0.6 is 15.9 Å². The molecular formula is C15H22BrNO2. The molecular weight excluding hydrogens is 306 g/mol. The fraction of sp³-hybridized carbons (Fsp3) is 0.600. The molecule has 0 aliphatic carbocycles. The number of hydrogen-bond acceptors (Lipinski definition) is 3. The average Bonchev–Trinajstić information content (AvgIpc) is 2.41. The molecule has 0 radical (unpaired) electrons. The Morgan fingerprint density at radius 3 is 2.95 bits per heavy atom. The van der Waals surface area contributed by atoms with E-state index in [2.05, 4.69) is 52.9 Å². The van der Waals surface area contributed by atoms with Gasteiger partial charge in [-0.25, -0.2) is 0 Å². The van der Waals surface area contributed by atoms with E-state index in [1.165, 1.54) is 11.1 Å². The van der Waals surface area contributed by atoms with Crippen molar-refractivity contribution in [2.24, 2.45) is 0 Å². The van der Waals surface area contributed by atoms with Crippen molar-refractivity contribution in [3.05, 3.63) is 29.3 Å². The summed E-state index contributed by atoms with van der Waals surface area (Å²) in [5.74, 6) is 0.972. The van der Waals surface area contributed by atoms with Gasteiger partial charge in [0.15, 0.2) is 0 Å². The van der Waals surface area contributed by atoms with Crippen LogP contribution in [0.3, 0.4) is 0 Å². The number of halogens is 1. The molecule has 1 saturated heterocycles. The van der Waals surface area contributed by atoms with E-state index >= 15 is 0 Å². The van der Waals surface area contributed by atoms with Crippen molar-refractivity contribution < 1.29 is 9.47 Å². The van der Waals surface area contributed by atoms with E-state index in [9.17, 15) is 0 Å². The maximum atomic E-state index is 5.77. The molecule has 0 bridgehead atoms. The topological polar surface area (TPSA) is 21.7 Å². The van der Waals surface area contributed by atoms with E-state index in [4.69, 9.17) is 9.47 Å². The smallest absolute Gasteiger partial charge is 0.123 e. The van der Waals surface area contributed by atoms with Crippen LogP contribution in [0.15, 0.2) is 18.2 Å². The first kappa shape index (κ1) is 14.8. The third-order valence-corrected chi connectivity index (χ3v) is 4.34. The van der Waals surface area contributed by atoms with Crippen LogP contribution in [0.1, 0.15) is 18.1 Å². The summed E-state index contributed by atoms with van der Waals surface area (Å²) >= 11 is 3.51. The van der Waals surface area contributed by atoms with E-state index in [-0.39, 0.29) is 6.10 Å². The molecule has 1 aliphatic heterocycles. The summed E-state index contributed by atoms with van der Waals surface area (Å²) in [5, 5.41) is 0.890. The minimum atomic E-state index is 0.284. The number of morpholine rings is 1. The van der Waals surface area contributed by atoms with Gasteiger partial charge in [0.05, 0.1) is 19.8 Å². The van der Waals surface area contributed by atoms with Crippen molar-refractivity contribution in [1.29, 1.82) is 0 Å². The summed E-state index contributed by atoms with van der Waals surface area (Å²) < 4.78 is 11.2. The number of methoxy groups -OCH3 is 1. The molecule has 0 amide bonds. The lowest BCUT2D eigenvalue weighted by Crippen LogP contribution is -2.48. The Hall–Kier alpha value is -0.580. The van der Waals surface area contributed by atoms with Crippen molar-refractivity contribution in [1.82, 2.24) is 4.90 Å². The van der Waals surface area contributed by atoms with Gasteiger partial charge >= 0.3 is 0 Å². The molecule has 1 aliphatic rings. The van der Waals surface area contributed by atoms with Gasteiger partial charge in [-0.1, -0.05) is 33.6 Å². The van der Waals surface area contributed by atoms with Crippen LogP contribution in [0.5, 0.6) is 5.75 Å². The summed E-state index contributed by atoms with van der Waals surface area (Å²) in [6, 6.07) is 6.80. The third kappa shape index (κ3) is 3.71. The minimum Gasteiger partial charge on any atom is -0.496 e. The highest BCUT2D eigenvalue weighted by Gasteiger charge is 2.26. The summed E-state index contributed by atoms with van der Waals surface area (Å²) in [7, 11) is 1.73. The number of ether oxygens (including phenoxy) is 2. The maximum Gasteiger partial charge on any atom is 0.123 e. The van der Waals surface area contributed by atoms with E-state index in [0.717, 1.165) is 30.8 Å². The Balaban J connectivity index is 2.12. The van der Waals surface area contributed by atoms with Crippen LogP contribution in [-0.4, -0.2) is 42.6 Å². The number of hydrogen-bond donors (Lipinski definition) is 0. The fourth-order valence-electron chi connectivity index (χ4n) is 2.44. The molecule has 19 heavy (non-hydrogen) atoms. The molecule has 2 rings (SSSR count). The van der Waals surface area contributed by atoms with Gasteiger partial charge in [-0.05, 0) is 19.9 Å². The van der Waals surface area contributed by atoms with Crippen molar-refractivity contribution in [2.45, 2.75) is 32.5 Å². The predicted octanol–water partition coefficient (Wildman–Crippen LogP) is 2.99. The van der Waals surface area contributed by atoms with Crippen LogP contribution in [0.4, 0.5) is 0 Å². The molecule has 0 saturated carbocycles. The van der Waals surface area contributed by atoms with Gasteiger partial charge < -0.3 is 9.47 Å². The third-order valence-electron chi connectivity index (χ3n) is 3.62. The second-order valence-electron chi connectivity index (χ2n) is 5.20. The maximum absolute atomic E-state index is 5.77. The highest BCUT2D eigenvalue weighted by Crippen LogP contribution is 2.24. The first-order valence-electron chi connectivity index (χ1n) is 6.69. The SMILES string of the molecule is COc1ccc(C)cc1CN1CC(CBr)OCC1C. The van der Waals surface area contributed by atoms with Crippen LogP contribution in [0.2, 0.25) is 0 Å². The quantitative estimate of drug-likeness (QED) is 0.793. The average molecular weight is 328 g/mol. The molecule has 1 aromatic rings. The van der Waals surface area contributed by atoms with Gasteiger partial charge in [0, 0.05) is 30.0 Å². The molecule has 0 aromatic heterocycles. The molecule has 106 valence electrons. The molecule has 1 aromatic carbocycles. The highest BCUT2D eigenvalue weighted by atomic mass is 79.9. The molecule has 1 fully saturated rings. The highest BCUT2D eigenvalue weighted by molar-refractivity contribution is 9.09. The van der Waals surface area contributed by atoms with E-state index in [1.54, 1.807) is 7.11 Å². The van der Waals surface area contributed by atoms with Crippen LogP contribution in [0, 0.1) is 6.92 Å². The normalized spacial score (nSPS) is 24.4. The van der Waals surface area contributed by atoms with E-state index in [1.807, 2.05) is 0 Å². The zero-order valence-corrected chi connectivity index (χ0v) is 13.4. The summed E-state index contributed by atoms with van der Waals surface area (Å²) in [5.41, 5.74) is 2.53. The molecule has 4 heteroatoms. The summed E-state index contributed by atoms with van der Waals surface area (Å²) in [6.45, 7) is 7.01. The molecule has 3 nitrogen and oxygen atoms in total. The summed E-state index contributed by atoms with van der Waals surface area (Å²) in [6.07, 6.45) is 0.284. The number of aryl methyl sites for hydroxylation is 1. The van der Waals surface area contributed by atoms with Gasteiger partial charge in [-0.2, -0.15) is 0 Å².